The minimum atomic E-state index is -2.68. The predicted molar refractivity (Wildman–Crippen MR) is 170 cm³/mol. The minimum Gasteiger partial charge on any atom is -0.324 e. The summed E-state index contributed by atoms with van der Waals surface area (Å²) in [7, 11) is -2.68. The summed E-state index contributed by atoms with van der Waals surface area (Å²) >= 11 is 1.05. The first kappa shape index (κ1) is 31.8. The molecule has 0 saturated carbocycles. The van der Waals surface area contributed by atoms with Crippen LogP contribution in [-0.4, -0.2) is 46.8 Å². The van der Waals surface area contributed by atoms with Gasteiger partial charge in [-0.2, -0.15) is 9.36 Å². The molecule has 5 aromatic rings. The number of carbonyl (C=O) groups excluding carboxylic acids is 1. The Morgan fingerprint density at radius 1 is 0.867 bits per heavy atom. The van der Waals surface area contributed by atoms with Crippen LogP contribution in [0.25, 0.3) is 11.4 Å². The molecule has 0 atom stereocenters. The van der Waals surface area contributed by atoms with Crippen molar-refractivity contribution in [2.24, 2.45) is 0 Å². The summed E-state index contributed by atoms with van der Waals surface area (Å²) in [5.74, 6) is -0.487. The molecule has 2 amide bonds. The Kier molecular flexibility index (Phi) is 10.9. The number of hydrogen-bond acceptors (Lipinski definition) is 7. The van der Waals surface area contributed by atoms with Crippen LogP contribution < -0.4 is 10.0 Å². The molecule has 2 N–H and O–H groups in total. The third-order valence-electron chi connectivity index (χ3n) is 7.15. The number of benzene rings is 3. The average Bonchev–Trinajstić information content (AvgIpc) is 3.52. The standard InChI is InChI=1S/C32H30F2N6O3S2/c33-26-12-8-23(9-13-26)29(24-10-14-27(34)15-11-24)17-20-40(19-16-28-3-1-2-18-35-28)32(41)38-31-37-30(39-44-31)25-6-4-22(5-7-25)21-36-45(42)43/h1-15,18,29,45H,16-17,19-21H2,(H,36,42,43)(H,37,38,39,41). The van der Waals surface area contributed by atoms with Crippen LogP contribution in [0, 0.1) is 11.6 Å². The maximum Gasteiger partial charge on any atom is 0.323 e. The molecule has 0 radical (unpaired) electrons. The van der Waals surface area contributed by atoms with Gasteiger partial charge in [-0.05, 0) is 59.5 Å². The molecular weight excluding hydrogens is 619 g/mol. The molecule has 0 spiro atoms. The van der Waals surface area contributed by atoms with Gasteiger partial charge in [0.05, 0.1) is 0 Å². The minimum absolute atomic E-state index is 0.183. The highest BCUT2D eigenvalue weighted by Gasteiger charge is 2.21. The zero-order valence-electron chi connectivity index (χ0n) is 24.0. The number of anilines is 1. The second-order valence-electron chi connectivity index (χ2n) is 10.1. The number of halogens is 2. The first-order valence-corrected chi connectivity index (χ1v) is 16.1. The molecule has 0 aliphatic rings. The zero-order chi connectivity index (χ0) is 31.6. The summed E-state index contributed by atoms with van der Waals surface area (Å²) in [5, 5.41) is 3.19. The molecule has 2 heterocycles. The normalized spacial score (nSPS) is 11.2. The van der Waals surface area contributed by atoms with E-state index < -0.39 is 10.9 Å². The molecule has 0 bridgehead atoms. The van der Waals surface area contributed by atoms with E-state index in [0.717, 1.165) is 39.5 Å². The Morgan fingerprint density at radius 3 is 2.13 bits per heavy atom. The highest BCUT2D eigenvalue weighted by Crippen LogP contribution is 2.29. The summed E-state index contributed by atoms with van der Waals surface area (Å²) in [6, 6.07) is 24.8. The number of rotatable bonds is 13. The van der Waals surface area contributed by atoms with Crippen molar-refractivity contribution in [2.75, 3.05) is 18.4 Å². The SMILES string of the molecule is O=C(Nc1nc(-c2ccc(CN[SH](=O)=O)cc2)ns1)N(CCc1ccccn1)CCC(c1ccc(F)cc1)c1ccc(F)cc1. The third kappa shape index (κ3) is 9.20. The number of amides is 2. The second-order valence-corrected chi connectivity index (χ2v) is 11.7. The Hall–Kier alpha value is -4.59. The quantitative estimate of drug-likeness (QED) is 0.139. The monoisotopic (exact) mass is 648 g/mol. The molecule has 9 nitrogen and oxygen atoms in total. The number of thiol groups is 1. The maximum atomic E-state index is 13.7. The summed E-state index contributed by atoms with van der Waals surface area (Å²) in [6.45, 7) is 0.898. The van der Waals surface area contributed by atoms with Gasteiger partial charge in [0, 0.05) is 61.0 Å². The Bertz CT molecular complexity index is 1710. The van der Waals surface area contributed by atoms with Crippen LogP contribution in [0.2, 0.25) is 0 Å². The van der Waals surface area contributed by atoms with E-state index in [1.165, 1.54) is 24.3 Å². The van der Waals surface area contributed by atoms with Crippen molar-refractivity contribution in [3.63, 3.8) is 0 Å². The van der Waals surface area contributed by atoms with Gasteiger partial charge in [0.25, 0.3) is 0 Å². The lowest BCUT2D eigenvalue weighted by molar-refractivity contribution is 0.210. The second kappa shape index (κ2) is 15.4. The molecule has 0 fully saturated rings. The van der Waals surface area contributed by atoms with Crippen molar-refractivity contribution < 1.29 is 22.0 Å². The summed E-state index contributed by atoms with van der Waals surface area (Å²) < 4.78 is 55.8. The molecular formula is C32H30F2N6O3S2. The smallest absolute Gasteiger partial charge is 0.323 e. The van der Waals surface area contributed by atoms with Crippen molar-refractivity contribution in [3.05, 3.63) is 131 Å². The third-order valence-corrected chi connectivity index (χ3v) is 8.19. The number of nitrogens with one attached hydrogen (secondary N) is 2. The Balaban J connectivity index is 1.31. The number of pyridine rings is 1. The van der Waals surface area contributed by atoms with Gasteiger partial charge >= 0.3 is 6.03 Å². The van der Waals surface area contributed by atoms with Crippen LogP contribution in [0.15, 0.2) is 97.2 Å². The van der Waals surface area contributed by atoms with E-state index in [4.69, 9.17) is 0 Å². The summed E-state index contributed by atoms with van der Waals surface area (Å²) in [6.07, 6.45) is 2.72. The summed E-state index contributed by atoms with van der Waals surface area (Å²) in [4.78, 5) is 24.1. The molecule has 45 heavy (non-hydrogen) atoms. The zero-order valence-corrected chi connectivity index (χ0v) is 25.7. The van der Waals surface area contributed by atoms with E-state index in [2.05, 4.69) is 24.4 Å². The van der Waals surface area contributed by atoms with Crippen molar-refractivity contribution >= 4 is 33.6 Å². The van der Waals surface area contributed by atoms with Crippen LogP contribution in [0.1, 0.15) is 34.7 Å². The molecule has 0 unspecified atom stereocenters. The average molecular weight is 649 g/mol. The fraction of sp³-hybridized carbons (Fsp3) is 0.188. The van der Waals surface area contributed by atoms with E-state index in [9.17, 15) is 22.0 Å². The van der Waals surface area contributed by atoms with Crippen LogP contribution in [-0.2, 0) is 23.9 Å². The maximum absolute atomic E-state index is 13.7. The van der Waals surface area contributed by atoms with Gasteiger partial charge < -0.3 is 4.90 Å². The van der Waals surface area contributed by atoms with Crippen LogP contribution in [0.4, 0.5) is 18.7 Å². The Labute approximate surface area is 265 Å². The topological polar surface area (TPSA) is 117 Å². The van der Waals surface area contributed by atoms with Crippen LogP contribution in [0.5, 0.6) is 0 Å². The first-order chi connectivity index (χ1) is 21.8. The van der Waals surface area contributed by atoms with Gasteiger partial charge in [-0.15, -0.1) is 0 Å². The number of urea groups is 1. The van der Waals surface area contributed by atoms with Gasteiger partial charge in [-0.3, -0.25) is 10.3 Å². The van der Waals surface area contributed by atoms with Crippen molar-refractivity contribution in [1.29, 1.82) is 0 Å². The summed E-state index contributed by atoms with van der Waals surface area (Å²) in [5.41, 5.74) is 4.04. The van der Waals surface area contributed by atoms with Crippen molar-refractivity contribution in [2.45, 2.75) is 25.3 Å². The molecule has 232 valence electrons. The highest BCUT2D eigenvalue weighted by atomic mass is 32.2. The van der Waals surface area contributed by atoms with Crippen molar-refractivity contribution in [3.8, 4) is 11.4 Å². The number of aromatic nitrogens is 3. The fourth-order valence-corrected chi connectivity index (χ4v) is 5.69. The highest BCUT2D eigenvalue weighted by molar-refractivity contribution is 7.70. The fourth-order valence-electron chi connectivity index (χ4n) is 4.80. The predicted octanol–water partition coefficient (Wildman–Crippen LogP) is 5.79. The van der Waals surface area contributed by atoms with E-state index in [1.54, 1.807) is 59.6 Å². The molecule has 0 aliphatic carbocycles. The van der Waals surface area contributed by atoms with Gasteiger partial charge in [0.1, 0.15) is 11.6 Å². The van der Waals surface area contributed by atoms with E-state index in [-0.39, 0.29) is 30.1 Å². The van der Waals surface area contributed by atoms with E-state index >= 15 is 0 Å². The number of carbonyl (C=O) groups is 1. The van der Waals surface area contributed by atoms with Crippen molar-refractivity contribution in [1.82, 2.24) is 24.0 Å². The number of nitrogens with zero attached hydrogens (tertiary/aromatic N) is 4. The number of hydrogen-bond donors (Lipinski definition) is 3. The van der Waals surface area contributed by atoms with Gasteiger partial charge in [-0.1, -0.05) is 54.6 Å². The molecule has 0 saturated heterocycles. The van der Waals surface area contributed by atoms with Gasteiger partial charge in [-0.25, -0.2) is 26.7 Å². The lowest BCUT2D eigenvalue weighted by Crippen LogP contribution is -2.38. The molecule has 3 aromatic carbocycles. The molecule has 13 heteroatoms. The van der Waals surface area contributed by atoms with E-state index in [1.807, 2.05) is 18.2 Å². The van der Waals surface area contributed by atoms with Crippen LogP contribution >= 0.6 is 11.5 Å². The van der Waals surface area contributed by atoms with E-state index in [0.29, 0.717) is 36.9 Å². The lowest BCUT2D eigenvalue weighted by Gasteiger charge is -2.26. The van der Waals surface area contributed by atoms with Crippen LogP contribution in [0.3, 0.4) is 0 Å². The van der Waals surface area contributed by atoms with Gasteiger partial charge in [0.15, 0.2) is 5.82 Å². The lowest BCUT2D eigenvalue weighted by atomic mass is 9.88. The van der Waals surface area contributed by atoms with Gasteiger partial charge in [0.2, 0.25) is 16.0 Å². The largest absolute Gasteiger partial charge is 0.324 e. The first-order valence-electron chi connectivity index (χ1n) is 14.1. The molecule has 0 aliphatic heterocycles. The Morgan fingerprint density at radius 2 is 1.53 bits per heavy atom. The molecule has 5 rings (SSSR count). The molecule has 2 aromatic heterocycles.